The van der Waals surface area contributed by atoms with Gasteiger partial charge in [0, 0.05) is 0 Å². The molecular formula is C4H4Cl2N4. The highest BCUT2D eigenvalue weighted by molar-refractivity contribution is 6.34. The van der Waals surface area contributed by atoms with Gasteiger partial charge in [-0.1, -0.05) is 23.2 Å². The van der Waals surface area contributed by atoms with Crippen molar-refractivity contribution in [2.45, 2.75) is 0 Å². The number of hydrogen-bond acceptors (Lipinski definition) is 4. The molecule has 0 saturated carbocycles. The third-order valence-corrected chi connectivity index (χ3v) is 1.42. The molecular weight excluding hydrogens is 175 g/mol. The molecule has 0 spiro atoms. The summed E-state index contributed by atoms with van der Waals surface area (Å²) in [6, 6.07) is 0. The van der Waals surface area contributed by atoms with E-state index in [1.807, 2.05) is 0 Å². The largest absolute Gasteiger partial charge is 0.381 e. The zero-order chi connectivity index (χ0) is 7.72. The van der Waals surface area contributed by atoms with Crippen molar-refractivity contribution in [2.24, 2.45) is 0 Å². The van der Waals surface area contributed by atoms with Crippen LogP contribution in [0, 0.1) is 0 Å². The molecule has 4 nitrogen and oxygen atoms in total. The monoisotopic (exact) mass is 178 g/mol. The Hall–Kier alpha value is -0.740. The molecule has 6 heteroatoms. The van der Waals surface area contributed by atoms with Gasteiger partial charge < -0.3 is 11.5 Å². The predicted octanol–water partition coefficient (Wildman–Crippen LogP) is 0.948. The molecule has 0 aliphatic carbocycles. The lowest BCUT2D eigenvalue weighted by atomic mass is 10.6. The van der Waals surface area contributed by atoms with Crippen LogP contribution in [0.15, 0.2) is 0 Å². The summed E-state index contributed by atoms with van der Waals surface area (Å²) < 4.78 is 0. The Morgan fingerprint density at radius 1 is 0.900 bits per heavy atom. The molecule has 4 N–H and O–H groups in total. The molecule has 0 fully saturated rings. The maximum Gasteiger partial charge on any atom is 0.173 e. The molecule has 0 radical (unpaired) electrons. The smallest absolute Gasteiger partial charge is 0.173 e. The average molecular weight is 179 g/mol. The Balaban J connectivity index is 3.28. The highest BCUT2D eigenvalue weighted by Gasteiger charge is 2.03. The molecule has 0 amide bonds. The van der Waals surface area contributed by atoms with Gasteiger partial charge in [-0.2, -0.15) is 0 Å². The van der Waals surface area contributed by atoms with Gasteiger partial charge in [0.1, 0.15) is 0 Å². The summed E-state index contributed by atoms with van der Waals surface area (Å²) in [6.07, 6.45) is 0. The van der Waals surface area contributed by atoms with Crippen LogP contribution in [0.3, 0.4) is 0 Å². The van der Waals surface area contributed by atoms with Crippen molar-refractivity contribution in [1.82, 2.24) is 9.97 Å². The van der Waals surface area contributed by atoms with Crippen LogP contribution in [-0.4, -0.2) is 9.97 Å². The highest BCUT2D eigenvalue weighted by Crippen LogP contribution is 2.20. The van der Waals surface area contributed by atoms with Gasteiger partial charge >= 0.3 is 0 Å². The lowest BCUT2D eigenvalue weighted by Gasteiger charge is -1.98. The van der Waals surface area contributed by atoms with Crippen molar-refractivity contribution < 1.29 is 0 Å². The van der Waals surface area contributed by atoms with E-state index in [1.165, 1.54) is 0 Å². The number of nitrogens with two attached hydrogens (primary N) is 2. The number of anilines is 2. The van der Waals surface area contributed by atoms with Crippen LogP contribution in [0.1, 0.15) is 0 Å². The number of aromatic nitrogens is 2. The fourth-order valence-electron chi connectivity index (χ4n) is 0.418. The van der Waals surface area contributed by atoms with Crippen LogP contribution < -0.4 is 11.5 Å². The molecule has 54 valence electrons. The van der Waals surface area contributed by atoms with Gasteiger partial charge in [0.25, 0.3) is 0 Å². The van der Waals surface area contributed by atoms with Gasteiger partial charge in [-0.05, 0) is 0 Å². The molecule has 0 aliphatic heterocycles. The van der Waals surface area contributed by atoms with Crippen LogP contribution in [-0.2, 0) is 0 Å². The van der Waals surface area contributed by atoms with E-state index in [4.69, 9.17) is 34.7 Å². The summed E-state index contributed by atoms with van der Waals surface area (Å²) in [5.41, 5.74) is 10.5. The van der Waals surface area contributed by atoms with E-state index >= 15 is 0 Å². The van der Waals surface area contributed by atoms with Crippen LogP contribution in [0.4, 0.5) is 11.6 Å². The lowest BCUT2D eigenvalue weighted by molar-refractivity contribution is 1.22. The van der Waals surface area contributed by atoms with Gasteiger partial charge in [0.15, 0.2) is 21.9 Å². The summed E-state index contributed by atoms with van der Waals surface area (Å²) in [4.78, 5) is 7.19. The number of nitrogen functional groups attached to an aromatic ring is 2. The average Bonchev–Trinajstić information content (AvgIpc) is 1.84. The first-order chi connectivity index (χ1) is 4.61. The van der Waals surface area contributed by atoms with E-state index in [2.05, 4.69) is 9.97 Å². The van der Waals surface area contributed by atoms with Crippen molar-refractivity contribution in [2.75, 3.05) is 11.5 Å². The third kappa shape index (κ3) is 1.22. The van der Waals surface area contributed by atoms with Gasteiger partial charge in [-0.15, -0.1) is 0 Å². The number of nitrogens with zero attached hydrogens (tertiary/aromatic N) is 2. The SMILES string of the molecule is Nc1nc(Cl)c(N)nc1Cl. The maximum absolute atomic E-state index is 5.45. The number of halogens is 2. The highest BCUT2D eigenvalue weighted by atomic mass is 35.5. The number of hydrogen-bond donors (Lipinski definition) is 2. The van der Waals surface area contributed by atoms with Crippen molar-refractivity contribution in [3.05, 3.63) is 10.3 Å². The van der Waals surface area contributed by atoms with E-state index in [0.29, 0.717) is 0 Å². The molecule has 0 atom stereocenters. The Bertz CT molecular complexity index is 211. The van der Waals surface area contributed by atoms with Crippen LogP contribution in [0.25, 0.3) is 0 Å². The molecule has 1 aromatic heterocycles. The van der Waals surface area contributed by atoms with Gasteiger partial charge in [0.2, 0.25) is 0 Å². The molecule has 0 unspecified atom stereocenters. The first-order valence-electron chi connectivity index (χ1n) is 2.35. The Morgan fingerprint density at radius 3 is 1.50 bits per heavy atom. The molecule has 10 heavy (non-hydrogen) atoms. The predicted molar refractivity (Wildman–Crippen MR) is 40.9 cm³/mol. The van der Waals surface area contributed by atoms with E-state index in [1.54, 1.807) is 0 Å². The van der Waals surface area contributed by atoms with Crippen LogP contribution >= 0.6 is 23.2 Å². The van der Waals surface area contributed by atoms with Crippen molar-refractivity contribution in [3.8, 4) is 0 Å². The summed E-state index contributed by atoms with van der Waals surface area (Å²) in [7, 11) is 0. The summed E-state index contributed by atoms with van der Waals surface area (Å²) in [5.74, 6) is 0.168. The quantitative estimate of drug-likeness (QED) is 0.621. The van der Waals surface area contributed by atoms with Crippen LogP contribution in [0.5, 0.6) is 0 Å². The van der Waals surface area contributed by atoms with Crippen molar-refractivity contribution in [3.63, 3.8) is 0 Å². The maximum atomic E-state index is 5.45. The first kappa shape index (κ1) is 7.37. The molecule has 0 aliphatic rings. The minimum absolute atomic E-state index is 0.0712. The fourth-order valence-corrected chi connectivity index (χ4v) is 0.685. The second-order valence-corrected chi connectivity index (χ2v) is 2.29. The van der Waals surface area contributed by atoms with Gasteiger partial charge in [-0.3, -0.25) is 0 Å². The Morgan fingerprint density at radius 2 is 1.20 bits per heavy atom. The molecule has 0 bridgehead atoms. The first-order valence-corrected chi connectivity index (χ1v) is 3.11. The van der Waals surface area contributed by atoms with E-state index in [0.717, 1.165) is 0 Å². The van der Waals surface area contributed by atoms with Crippen molar-refractivity contribution >= 4 is 34.8 Å². The zero-order valence-corrected chi connectivity index (χ0v) is 6.32. The number of rotatable bonds is 0. The fraction of sp³-hybridized carbons (Fsp3) is 0. The van der Waals surface area contributed by atoms with Gasteiger partial charge in [0.05, 0.1) is 0 Å². The minimum Gasteiger partial charge on any atom is -0.381 e. The second-order valence-electron chi connectivity index (χ2n) is 1.58. The molecule has 0 saturated heterocycles. The molecule has 1 aromatic rings. The topological polar surface area (TPSA) is 77.8 Å². The van der Waals surface area contributed by atoms with E-state index < -0.39 is 0 Å². The zero-order valence-electron chi connectivity index (χ0n) is 4.81. The summed E-state index contributed by atoms with van der Waals surface area (Å²) >= 11 is 10.9. The summed E-state index contributed by atoms with van der Waals surface area (Å²) in [6.45, 7) is 0. The van der Waals surface area contributed by atoms with E-state index in [-0.39, 0.29) is 21.9 Å². The van der Waals surface area contributed by atoms with E-state index in [9.17, 15) is 0 Å². The molecule has 0 aromatic carbocycles. The van der Waals surface area contributed by atoms with Gasteiger partial charge in [-0.25, -0.2) is 9.97 Å². The lowest BCUT2D eigenvalue weighted by Crippen LogP contribution is -1.99. The Labute approximate surface area is 67.2 Å². The molecule has 1 rings (SSSR count). The third-order valence-electron chi connectivity index (χ3n) is 0.860. The molecule has 1 heterocycles. The second kappa shape index (κ2) is 2.48. The Kier molecular flexibility index (Phi) is 1.82. The normalized spacial score (nSPS) is 9.80. The minimum atomic E-state index is 0.0712. The standard InChI is InChI=1S/C4H4Cl2N4/c5-1-3(7)10-2(6)4(8)9-1/h(H2,8,9)(H2,7,10). The summed E-state index contributed by atoms with van der Waals surface area (Å²) in [5, 5.41) is 0.142. The van der Waals surface area contributed by atoms with Crippen LogP contribution in [0.2, 0.25) is 10.3 Å². The van der Waals surface area contributed by atoms with Crippen molar-refractivity contribution in [1.29, 1.82) is 0 Å².